The van der Waals surface area contributed by atoms with Gasteiger partial charge in [0.1, 0.15) is 0 Å². The van der Waals surface area contributed by atoms with Gasteiger partial charge in [0.25, 0.3) is 0 Å². The Hall–Kier alpha value is -0.570. The van der Waals surface area contributed by atoms with Gasteiger partial charge in [0.15, 0.2) is 0 Å². The number of nitrogens with one attached hydrogen (secondary N) is 1. The van der Waals surface area contributed by atoms with Crippen molar-refractivity contribution in [1.29, 1.82) is 0 Å². The molecule has 0 aromatic carbocycles. The zero-order chi connectivity index (χ0) is 8.48. The Morgan fingerprint density at radius 2 is 2.00 bits per heavy atom. The highest BCUT2D eigenvalue weighted by molar-refractivity contribution is 5.80. The number of carbonyl (C=O) groups excluding carboxylic acids is 1. The zero-order valence-electron chi connectivity index (χ0n) is 7.31. The molecule has 1 saturated heterocycles. The second-order valence-electron chi connectivity index (χ2n) is 3.97. The Morgan fingerprint density at radius 1 is 1.45 bits per heavy atom. The first-order valence-corrected chi connectivity index (χ1v) is 3.89. The maximum atomic E-state index is 11.2. The van der Waals surface area contributed by atoms with Crippen LogP contribution in [-0.2, 0) is 9.53 Å². The molecule has 1 fully saturated rings. The fraction of sp³-hybridized carbons (Fsp3) is 0.875. The van der Waals surface area contributed by atoms with E-state index in [1.807, 2.05) is 20.8 Å². The molecule has 1 N–H and O–H groups in total. The Balaban J connectivity index is 2.31. The molecular formula is C8H15NO2. The molecule has 0 aliphatic carbocycles. The van der Waals surface area contributed by atoms with Crippen molar-refractivity contribution >= 4 is 5.91 Å². The highest BCUT2D eigenvalue weighted by Crippen LogP contribution is 2.11. The standard InChI is InChI=1S/C8H15NO2/c1-8(2,3)9-7(10)6-4-11-5-6/h6H,4-5H2,1-3H3,(H,9,10). The van der Waals surface area contributed by atoms with Crippen molar-refractivity contribution in [2.24, 2.45) is 5.92 Å². The lowest BCUT2D eigenvalue weighted by molar-refractivity contribution is -0.140. The van der Waals surface area contributed by atoms with E-state index < -0.39 is 0 Å². The largest absolute Gasteiger partial charge is 0.380 e. The van der Waals surface area contributed by atoms with Crippen molar-refractivity contribution in [1.82, 2.24) is 5.32 Å². The number of carbonyl (C=O) groups is 1. The van der Waals surface area contributed by atoms with E-state index in [-0.39, 0.29) is 17.4 Å². The molecule has 0 bridgehead atoms. The van der Waals surface area contributed by atoms with Crippen LogP contribution in [0.2, 0.25) is 0 Å². The molecule has 3 heteroatoms. The first kappa shape index (κ1) is 8.53. The van der Waals surface area contributed by atoms with Gasteiger partial charge in [0, 0.05) is 5.54 Å². The van der Waals surface area contributed by atoms with Crippen LogP contribution in [0.25, 0.3) is 0 Å². The molecule has 1 amide bonds. The lowest BCUT2D eigenvalue weighted by atomic mass is 10.0. The molecule has 1 aliphatic heterocycles. The summed E-state index contributed by atoms with van der Waals surface area (Å²) >= 11 is 0. The Labute approximate surface area is 67.1 Å². The van der Waals surface area contributed by atoms with Gasteiger partial charge in [-0.15, -0.1) is 0 Å². The van der Waals surface area contributed by atoms with Gasteiger partial charge in [-0.05, 0) is 20.8 Å². The Kier molecular flexibility index (Phi) is 2.18. The average molecular weight is 157 g/mol. The van der Waals surface area contributed by atoms with Crippen LogP contribution in [0.15, 0.2) is 0 Å². The van der Waals surface area contributed by atoms with Crippen LogP contribution in [-0.4, -0.2) is 24.7 Å². The van der Waals surface area contributed by atoms with Crippen LogP contribution in [0.1, 0.15) is 20.8 Å². The maximum Gasteiger partial charge on any atom is 0.228 e. The minimum atomic E-state index is -0.118. The normalized spacial score (nSPS) is 19.2. The maximum absolute atomic E-state index is 11.2. The zero-order valence-corrected chi connectivity index (χ0v) is 7.31. The fourth-order valence-corrected chi connectivity index (χ4v) is 0.859. The summed E-state index contributed by atoms with van der Waals surface area (Å²) in [6.45, 7) is 7.10. The van der Waals surface area contributed by atoms with E-state index in [2.05, 4.69) is 5.32 Å². The quantitative estimate of drug-likeness (QED) is 0.603. The van der Waals surface area contributed by atoms with Crippen LogP contribution in [0.4, 0.5) is 0 Å². The van der Waals surface area contributed by atoms with Gasteiger partial charge in [0.05, 0.1) is 19.1 Å². The van der Waals surface area contributed by atoms with Gasteiger partial charge >= 0.3 is 0 Å². The minimum Gasteiger partial charge on any atom is -0.380 e. The second-order valence-corrected chi connectivity index (χ2v) is 3.97. The van der Waals surface area contributed by atoms with Crippen LogP contribution in [0.3, 0.4) is 0 Å². The van der Waals surface area contributed by atoms with Crippen molar-refractivity contribution < 1.29 is 9.53 Å². The summed E-state index contributed by atoms with van der Waals surface area (Å²) in [5.41, 5.74) is -0.118. The van der Waals surface area contributed by atoms with E-state index in [1.165, 1.54) is 0 Å². The molecule has 0 aromatic heterocycles. The Bertz CT molecular complexity index is 156. The number of hydrogen-bond donors (Lipinski definition) is 1. The van der Waals surface area contributed by atoms with E-state index in [1.54, 1.807) is 0 Å². The summed E-state index contributed by atoms with van der Waals surface area (Å²) in [5.74, 6) is 0.206. The van der Waals surface area contributed by atoms with Crippen molar-refractivity contribution in [2.75, 3.05) is 13.2 Å². The first-order chi connectivity index (χ1) is 4.99. The summed E-state index contributed by atoms with van der Waals surface area (Å²) in [5, 5.41) is 2.90. The molecule has 0 saturated carbocycles. The lowest BCUT2D eigenvalue weighted by Gasteiger charge is -2.29. The van der Waals surface area contributed by atoms with Gasteiger partial charge < -0.3 is 10.1 Å². The molecule has 0 spiro atoms. The number of rotatable bonds is 1. The number of ether oxygens (including phenoxy) is 1. The Morgan fingerprint density at radius 3 is 2.27 bits per heavy atom. The molecule has 0 aromatic rings. The minimum absolute atomic E-state index is 0.0919. The third-order valence-electron chi connectivity index (χ3n) is 1.51. The predicted molar refractivity (Wildman–Crippen MR) is 42.2 cm³/mol. The highest BCUT2D eigenvalue weighted by Gasteiger charge is 2.28. The van der Waals surface area contributed by atoms with Crippen LogP contribution in [0, 0.1) is 5.92 Å². The SMILES string of the molecule is CC(C)(C)NC(=O)C1COC1. The van der Waals surface area contributed by atoms with Gasteiger partial charge in [-0.25, -0.2) is 0 Å². The lowest BCUT2D eigenvalue weighted by Crippen LogP contribution is -2.49. The molecular weight excluding hydrogens is 142 g/mol. The van der Waals surface area contributed by atoms with Crippen molar-refractivity contribution in [3.05, 3.63) is 0 Å². The first-order valence-electron chi connectivity index (χ1n) is 3.89. The van der Waals surface area contributed by atoms with Crippen molar-refractivity contribution in [2.45, 2.75) is 26.3 Å². The van der Waals surface area contributed by atoms with Crippen LogP contribution in [0.5, 0.6) is 0 Å². The summed E-state index contributed by atoms with van der Waals surface area (Å²) in [6, 6.07) is 0. The van der Waals surface area contributed by atoms with Gasteiger partial charge in [-0.2, -0.15) is 0 Å². The van der Waals surface area contributed by atoms with E-state index in [4.69, 9.17) is 4.74 Å². The molecule has 0 atom stereocenters. The van der Waals surface area contributed by atoms with E-state index >= 15 is 0 Å². The molecule has 0 unspecified atom stereocenters. The third kappa shape index (κ3) is 2.50. The van der Waals surface area contributed by atoms with E-state index in [0.717, 1.165) is 0 Å². The summed E-state index contributed by atoms with van der Waals surface area (Å²) in [6.07, 6.45) is 0. The molecule has 0 radical (unpaired) electrons. The summed E-state index contributed by atoms with van der Waals surface area (Å²) in [4.78, 5) is 11.2. The van der Waals surface area contributed by atoms with Gasteiger partial charge in [0.2, 0.25) is 5.91 Å². The topological polar surface area (TPSA) is 38.3 Å². The summed E-state index contributed by atoms with van der Waals surface area (Å²) < 4.78 is 4.91. The summed E-state index contributed by atoms with van der Waals surface area (Å²) in [7, 11) is 0. The fourth-order valence-electron chi connectivity index (χ4n) is 0.859. The molecule has 3 nitrogen and oxygen atoms in total. The number of hydrogen-bond acceptors (Lipinski definition) is 2. The van der Waals surface area contributed by atoms with E-state index in [9.17, 15) is 4.79 Å². The number of amides is 1. The predicted octanol–water partition coefficient (Wildman–Crippen LogP) is 0.547. The smallest absolute Gasteiger partial charge is 0.228 e. The van der Waals surface area contributed by atoms with Gasteiger partial charge in [-0.3, -0.25) is 4.79 Å². The molecule has 64 valence electrons. The molecule has 11 heavy (non-hydrogen) atoms. The van der Waals surface area contributed by atoms with E-state index in [0.29, 0.717) is 13.2 Å². The highest BCUT2D eigenvalue weighted by atomic mass is 16.5. The van der Waals surface area contributed by atoms with Crippen molar-refractivity contribution in [3.8, 4) is 0 Å². The van der Waals surface area contributed by atoms with Crippen LogP contribution >= 0.6 is 0 Å². The van der Waals surface area contributed by atoms with Crippen molar-refractivity contribution in [3.63, 3.8) is 0 Å². The monoisotopic (exact) mass is 157 g/mol. The average Bonchev–Trinajstić information content (AvgIpc) is 1.50. The molecule has 1 aliphatic rings. The van der Waals surface area contributed by atoms with Gasteiger partial charge in [-0.1, -0.05) is 0 Å². The molecule has 1 rings (SSSR count). The third-order valence-corrected chi connectivity index (χ3v) is 1.51. The van der Waals surface area contributed by atoms with Crippen LogP contribution < -0.4 is 5.32 Å². The second kappa shape index (κ2) is 2.81. The molecule has 1 heterocycles.